The van der Waals surface area contributed by atoms with Crippen LogP contribution in [0.1, 0.15) is 58.6 Å². The molecule has 0 bridgehead atoms. The molecule has 7 rings (SSSR count). The van der Waals surface area contributed by atoms with Gasteiger partial charge in [0.1, 0.15) is 12.4 Å². The SMILES string of the molecule is Nc1c(Cl)cc(C[C@@H](OC(=O)N2CCC(c3cc4ccccc4[nH]c3=O)CC2)C(=O)N2CCN(c3ccc(C(=O)OCCN4CCCC4=O)cn3)CC2)cc1C(F)(F)F. The number of nitrogen functional groups attached to an aromatic ring is 1. The Balaban J connectivity index is 0.995. The Kier molecular flexibility index (Phi) is 12.3. The number of hydrogen-bond donors (Lipinski definition) is 2. The molecule has 4 aromatic rings. The van der Waals surface area contributed by atoms with Crippen LogP contribution in [0.2, 0.25) is 5.02 Å². The largest absolute Gasteiger partial charge is 0.460 e. The highest BCUT2D eigenvalue weighted by atomic mass is 35.5. The van der Waals surface area contributed by atoms with Crippen LogP contribution < -0.4 is 16.2 Å². The van der Waals surface area contributed by atoms with Crippen molar-refractivity contribution in [2.75, 3.05) is 69.6 Å². The molecule has 0 spiro atoms. The lowest BCUT2D eigenvalue weighted by molar-refractivity contribution is -0.141. The van der Waals surface area contributed by atoms with Crippen molar-refractivity contribution in [3.05, 3.63) is 98.4 Å². The number of ether oxygens (including phenoxy) is 2. The van der Waals surface area contributed by atoms with E-state index in [1.165, 1.54) is 22.1 Å². The van der Waals surface area contributed by atoms with Crippen LogP contribution in [0.15, 0.2) is 65.6 Å². The van der Waals surface area contributed by atoms with Gasteiger partial charge in [-0.2, -0.15) is 13.2 Å². The molecule has 3 fully saturated rings. The van der Waals surface area contributed by atoms with Crippen LogP contribution in [-0.4, -0.2) is 114 Å². The monoisotopic (exact) mass is 837 g/mol. The molecular formula is C41H43ClF3N7O7. The molecular weight excluding hydrogens is 795 g/mol. The summed E-state index contributed by atoms with van der Waals surface area (Å²) in [6.45, 7) is 2.49. The number of piperidine rings is 1. The number of carbonyl (C=O) groups is 4. The molecule has 18 heteroatoms. The quantitative estimate of drug-likeness (QED) is 0.159. The second kappa shape index (κ2) is 17.6. The minimum absolute atomic E-state index is 0.00268. The fourth-order valence-corrected chi connectivity index (χ4v) is 8.02. The van der Waals surface area contributed by atoms with Crippen molar-refractivity contribution in [3.8, 4) is 0 Å². The fraction of sp³-hybridized carbons (Fsp3) is 0.415. The van der Waals surface area contributed by atoms with Crippen LogP contribution in [0.25, 0.3) is 10.9 Å². The van der Waals surface area contributed by atoms with Crippen molar-refractivity contribution in [1.82, 2.24) is 24.7 Å². The van der Waals surface area contributed by atoms with Crippen LogP contribution >= 0.6 is 11.6 Å². The first-order valence-corrected chi connectivity index (χ1v) is 19.8. The van der Waals surface area contributed by atoms with E-state index in [-0.39, 0.29) is 66.3 Å². The zero-order valence-corrected chi connectivity index (χ0v) is 32.8. The number of benzene rings is 2. The molecule has 2 aromatic heterocycles. The van der Waals surface area contributed by atoms with Gasteiger partial charge in [-0.3, -0.25) is 14.4 Å². The summed E-state index contributed by atoms with van der Waals surface area (Å²) in [5.74, 6) is -0.707. The molecule has 3 aliphatic rings. The number of carbonyl (C=O) groups excluding carboxylic acids is 4. The van der Waals surface area contributed by atoms with Crippen LogP contribution in [-0.2, 0) is 31.7 Å². The van der Waals surface area contributed by atoms with Crippen molar-refractivity contribution in [2.45, 2.75) is 50.3 Å². The first kappa shape index (κ1) is 41.3. The van der Waals surface area contributed by atoms with Gasteiger partial charge < -0.3 is 39.8 Å². The van der Waals surface area contributed by atoms with Gasteiger partial charge in [-0.1, -0.05) is 29.8 Å². The molecule has 0 radical (unpaired) electrons. The summed E-state index contributed by atoms with van der Waals surface area (Å²) in [4.78, 5) is 78.8. The summed E-state index contributed by atoms with van der Waals surface area (Å²) in [5.41, 5.74) is 5.21. The Morgan fingerprint density at radius 1 is 0.949 bits per heavy atom. The van der Waals surface area contributed by atoms with Gasteiger partial charge in [0.25, 0.3) is 11.5 Å². The average molecular weight is 838 g/mol. The number of esters is 1. The van der Waals surface area contributed by atoms with E-state index >= 15 is 0 Å². The van der Waals surface area contributed by atoms with Gasteiger partial charge in [0.2, 0.25) is 5.91 Å². The zero-order chi connectivity index (χ0) is 41.8. The number of piperazine rings is 1. The molecule has 0 unspecified atom stereocenters. The number of amides is 3. The van der Waals surface area contributed by atoms with Crippen molar-refractivity contribution < 1.29 is 41.8 Å². The number of hydrogen-bond acceptors (Lipinski definition) is 10. The Morgan fingerprint density at radius 3 is 2.37 bits per heavy atom. The van der Waals surface area contributed by atoms with Crippen molar-refractivity contribution >= 4 is 57.9 Å². The smallest absolute Gasteiger partial charge is 0.418 e. The van der Waals surface area contributed by atoms with E-state index in [0.29, 0.717) is 56.8 Å². The molecule has 0 aliphatic carbocycles. The lowest BCUT2D eigenvalue weighted by Crippen LogP contribution is -2.53. The number of halogens is 4. The van der Waals surface area contributed by atoms with Gasteiger partial charge in [0.15, 0.2) is 6.10 Å². The Hall–Kier alpha value is -5.84. The summed E-state index contributed by atoms with van der Waals surface area (Å²) in [6, 6.07) is 14.6. The number of fused-ring (bicyclic) bond motifs is 1. The number of aromatic nitrogens is 2. The lowest BCUT2D eigenvalue weighted by atomic mass is 9.89. The van der Waals surface area contributed by atoms with E-state index in [9.17, 15) is 37.1 Å². The van der Waals surface area contributed by atoms with Crippen LogP contribution in [0, 0.1) is 0 Å². The number of nitrogens with zero attached hydrogens (tertiary/aromatic N) is 5. The fourth-order valence-electron chi connectivity index (χ4n) is 7.78. The van der Waals surface area contributed by atoms with Crippen LogP contribution in [0.4, 0.5) is 29.5 Å². The van der Waals surface area contributed by atoms with Crippen molar-refractivity contribution in [2.24, 2.45) is 0 Å². The number of pyridine rings is 2. The number of para-hydroxylation sites is 1. The second-order valence-electron chi connectivity index (χ2n) is 14.9. The summed E-state index contributed by atoms with van der Waals surface area (Å²) >= 11 is 6.11. The molecule has 312 valence electrons. The third-order valence-electron chi connectivity index (χ3n) is 11.1. The number of alkyl halides is 3. The molecule has 2 aromatic carbocycles. The Labute approximate surface area is 342 Å². The van der Waals surface area contributed by atoms with Gasteiger partial charge in [0.05, 0.1) is 28.4 Å². The van der Waals surface area contributed by atoms with E-state index < -0.39 is 47.9 Å². The number of aromatic amines is 1. The predicted octanol–water partition coefficient (Wildman–Crippen LogP) is 5.23. The first-order chi connectivity index (χ1) is 28.2. The maximum atomic E-state index is 14.1. The third-order valence-corrected chi connectivity index (χ3v) is 11.4. The van der Waals surface area contributed by atoms with E-state index in [2.05, 4.69) is 9.97 Å². The highest BCUT2D eigenvalue weighted by molar-refractivity contribution is 6.33. The minimum atomic E-state index is -4.82. The molecule has 5 heterocycles. The summed E-state index contributed by atoms with van der Waals surface area (Å²) in [6.07, 6.45) is -3.94. The standard InChI is InChI=1S/C41H43ClF3N7O7/c42-31-21-25(20-30(36(31)46)41(43,44)45)22-33(59-40(57)52-12-9-26(10-13-52)29-23-27-4-1-2-5-32(27)48-37(29)54)38(55)51-16-14-49(15-17-51)34-8-7-28(24-47-34)39(56)58-19-18-50-11-3-6-35(50)53/h1-2,4-5,7-8,20-21,23-24,26,33H,3,6,9-19,22,46H2,(H,48,54)/t33-/m1/s1. The maximum Gasteiger partial charge on any atom is 0.418 e. The van der Waals surface area contributed by atoms with Gasteiger partial charge in [0, 0.05) is 75.9 Å². The minimum Gasteiger partial charge on any atom is -0.460 e. The number of rotatable bonds is 10. The Bertz CT molecular complexity index is 2270. The number of nitrogens with one attached hydrogen (secondary N) is 1. The van der Waals surface area contributed by atoms with Gasteiger partial charge in [-0.25, -0.2) is 14.6 Å². The normalized spacial score (nSPS) is 17.1. The van der Waals surface area contributed by atoms with E-state index in [1.807, 2.05) is 35.2 Å². The number of anilines is 2. The maximum absolute atomic E-state index is 14.1. The molecule has 0 saturated carbocycles. The van der Waals surface area contributed by atoms with Crippen LogP contribution in [0.5, 0.6) is 0 Å². The third kappa shape index (κ3) is 9.56. The summed E-state index contributed by atoms with van der Waals surface area (Å²) in [7, 11) is 0. The van der Waals surface area contributed by atoms with E-state index in [4.69, 9.17) is 26.8 Å². The molecule has 59 heavy (non-hydrogen) atoms. The summed E-state index contributed by atoms with van der Waals surface area (Å²) in [5, 5.41) is 0.538. The van der Waals surface area contributed by atoms with E-state index in [0.717, 1.165) is 23.4 Å². The highest BCUT2D eigenvalue weighted by Crippen LogP contribution is 2.38. The molecule has 3 N–H and O–H groups in total. The van der Waals surface area contributed by atoms with Crippen molar-refractivity contribution in [3.63, 3.8) is 0 Å². The lowest BCUT2D eigenvalue weighted by Gasteiger charge is -2.37. The molecule has 3 amide bonds. The number of likely N-dealkylation sites (tertiary alicyclic amines) is 2. The van der Waals surface area contributed by atoms with Crippen molar-refractivity contribution in [1.29, 1.82) is 0 Å². The highest BCUT2D eigenvalue weighted by Gasteiger charge is 2.37. The second-order valence-corrected chi connectivity index (χ2v) is 15.3. The van der Waals surface area contributed by atoms with Gasteiger partial charge in [-0.05, 0) is 72.5 Å². The molecule has 1 atom stereocenters. The topological polar surface area (TPSA) is 171 Å². The molecule has 14 nitrogen and oxygen atoms in total. The summed E-state index contributed by atoms with van der Waals surface area (Å²) < 4.78 is 52.8. The molecule has 3 aliphatic heterocycles. The predicted molar refractivity (Wildman–Crippen MR) is 212 cm³/mol. The Morgan fingerprint density at radius 2 is 1.69 bits per heavy atom. The number of nitrogens with two attached hydrogens (primary N) is 1. The molecule has 3 saturated heterocycles. The zero-order valence-electron chi connectivity index (χ0n) is 32.0. The van der Waals surface area contributed by atoms with E-state index in [1.54, 1.807) is 17.0 Å². The van der Waals surface area contributed by atoms with Crippen LogP contribution in [0.3, 0.4) is 0 Å². The average Bonchev–Trinajstić information content (AvgIpc) is 3.64. The first-order valence-electron chi connectivity index (χ1n) is 19.4. The number of H-pyrrole nitrogens is 1. The van der Waals surface area contributed by atoms with Gasteiger partial charge >= 0.3 is 18.2 Å². The van der Waals surface area contributed by atoms with Gasteiger partial charge in [-0.15, -0.1) is 0 Å².